The Morgan fingerprint density at radius 1 is 1.17 bits per heavy atom. The van der Waals surface area contributed by atoms with Gasteiger partial charge in [0.2, 0.25) is 5.91 Å². The van der Waals surface area contributed by atoms with Crippen LogP contribution in [0.25, 0.3) is 16.7 Å². The van der Waals surface area contributed by atoms with Crippen LogP contribution in [0, 0.1) is 13.8 Å². The highest BCUT2D eigenvalue weighted by Gasteiger charge is 2.19. The van der Waals surface area contributed by atoms with Crippen LogP contribution in [-0.2, 0) is 4.79 Å². The van der Waals surface area contributed by atoms with Gasteiger partial charge >= 0.3 is 0 Å². The standard InChI is InChI=1S/C22H21N5O2S/c1-13-9-10-14(2)18(11-13)24-20(28)15(3)30-22-25-19-17(21(29)26-22)12-23-27(19)16-7-5-4-6-8-16/h4-12,15H,1-3H3,(H,24,28)(H,25,26,29). The summed E-state index contributed by atoms with van der Waals surface area (Å²) in [4.78, 5) is 32.5. The van der Waals surface area contributed by atoms with Gasteiger partial charge in [-0.3, -0.25) is 9.59 Å². The van der Waals surface area contributed by atoms with Crippen molar-refractivity contribution >= 4 is 34.4 Å². The number of para-hydroxylation sites is 1. The molecule has 1 amide bonds. The molecule has 0 aliphatic carbocycles. The quantitative estimate of drug-likeness (QED) is 0.379. The summed E-state index contributed by atoms with van der Waals surface area (Å²) in [6, 6.07) is 15.4. The molecule has 0 aliphatic rings. The van der Waals surface area contributed by atoms with Crippen LogP contribution in [0.15, 0.2) is 64.7 Å². The SMILES string of the molecule is Cc1ccc(C)c(NC(=O)C(C)Sc2nc3c(cnn3-c3ccccc3)c(=O)[nH]2)c1. The molecule has 0 aliphatic heterocycles. The molecule has 8 heteroatoms. The first kappa shape index (κ1) is 19.9. The summed E-state index contributed by atoms with van der Waals surface area (Å²) >= 11 is 1.20. The first-order valence-corrected chi connectivity index (χ1v) is 10.4. The Kier molecular flexibility index (Phi) is 5.41. The molecule has 7 nitrogen and oxygen atoms in total. The highest BCUT2D eigenvalue weighted by molar-refractivity contribution is 8.00. The summed E-state index contributed by atoms with van der Waals surface area (Å²) in [6.45, 7) is 5.71. The van der Waals surface area contributed by atoms with Crippen molar-refractivity contribution in [1.29, 1.82) is 0 Å². The molecule has 2 N–H and O–H groups in total. The highest BCUT2D eigenvalue weighted by Crippen LogP contribution is 2.23. The number of H-pyrrole nitrogens is 1. The molecule has 0 bridgehead atoms. The minimum absolute atomic E-state index is 0.159. The molecule has 2 heterocycles. The first-order chi connectivity index (χ1) is 14.4. The Hall–Kier alpha value is -3.39. The summed E-state index contributed by atoms with van der Waals surface area (Å²) in [7, 11) is 0. The number of anilines is 1. The van der Waals surface area contributed by atoms with Gasteiger partial charge in [-0.2, -0.15) is 5.10 Å². The summed E-state index contributed by atoms with van der Waals surface area (Å²) < 4.78 is 1.62. The predicted molar refractivity (Wildman–Crippen MR) is 119 cm³/mol. The number of carbonyl (C=O) groups is 1. The van der Waals surface area contributed by atoms with E-state index in [0.29, 0.717) is 16.2 Å². The molecular formula is C22H21N5O2S. The van der Waals surface area contributed by atoms with Gasteiger partial charge in [-0.15, -0.1) is 0 Å². The molecule has 30 heavy (non-hydrogen) atoms. The van der Waals surface area contributed by atoms with Gasteiger partial charge in [0.15, 0.2) is 10.8 Å². The monoisotopic (exact) mass is 419 g/mol. The van der Waals surface area contributed by atoms with Crippen molar-refractivity contribution in [1.82, 2.24) is 19.7 Å². The number of hydrogen-bond acceptors (Lipinski definition) is 5. The minimum Gasteiger partial charge on any atom is -0.325 e. The van der Waals surface area contributed by atoms with E-state index in [-0.39, 0.29) is 11.5 Å². The molecule has 0 radical (unpaired) electrons. The third kappa shape index (κ3) is 3.99. The van der Waals surface area contributed by atoms with Gasteiger partial charge in [-0.1, -0.05) is 42.1 Å². The molecule has 4 rings (SSSR count). The lowest BCUT2D eigenvalue weighted by molar-refractivity contribution is -0.115. The summed E-state index contributed by atoms with van der Waals surface area (Å²) in [6.07, 6.45) is 1.50. The lowest BCUT2D eigenvalue weighted by Gasteiger charge is -2.13. The topological polar surface area (TPSA) is 92.7 Å². The van der Waals surface area contributed by atoms with Crippen molar-refractivity contribution in [2.24, 2.45) is 0 Å². The van der Waals surface area contributed by atoms with Gasteiger partial charge in [0, 0.05) is 5.69 Å². The van der Waals surface area contributed by atoms with Gasteiger partial charge in [-0.25, -0.2) is 9.67 Å². The predicted octanol–water partition coefficient (Wildman–Crippen LogP) is 3.84. The minimum atomic E-state index is -0.460. The maximum atomic E-state index is 12.7. The smallest absolute Gasteiger partial charge is 0.262 e. The first-order valence-electron chi connectivity index (χ1n) is 9.50. The van der Waals surface area contributed by atoms with E-state index in [2.05, 4.69) is 20.4 Å². The number of hydrogen-bond donors (Lipinski definition) is 2. The summed E-state index contributed by atoms with van der Waals surface area (Å²) in [5, 5.41) is 7.57. The number of fused-ring (bicyclic) bond motifs is 1. The number of aryl methyl sites for hydroxylation is 2. The number of aromatic amines is 1. The molecule has 4 aromatic rings. The zero-order valence-electron chi connectivity index (χ0n) is 16.8. The van der Waals surface area contributed by atoms with E-state index in [1.165, 1.54) is 18.0 Å². The third-order valence-corrected chi connectivity index (χ3v) is 5.71. The third-order valence-electron chi connectivity index (χ3n) is 4.73. The highest BCUT2D eigenvalue weighted by atomic mass is 32.2. The molecule has 0 saturated heterocycles. The van der Waals surface area contributed by atoms with E-state index < -0.39 is 5.25 Å². The molecule has 1 atom stereocenters. The lowest BCUT2D eigenvalue weighted by Crippen LogP contribution is -2.23. The van der Waals surface area contributed by atoms with Gasteiger partial charge in [0.25, 0.3) is 5.56 Å². The van der Waals surface area contributed by atoms with Crippen molar-refractivity contribution in [3.63, 3.8) is 0 Å². The maximum absolute atomic E-state index is 12.7. The van der Waals surface area contributed by atoms with Crippen LogP contribution < -0.4 is 10.9 Å². The van der Waals surface area contributed by atoms with Crippen LogP contribution in [0.1, 0.15) is 18.1 Å². The number of thioether (sulfide) groups is 1. The second kappa shape index (κ2) is 8.16. The Labute approximate surface area is 177 Å². The molecule has 0 saturated carbocycles. The Bertz CT molecular complexity index is 1280. The van der Waals surface area contributed by atoms with E-state index in [4.69, 9.17) is 0 Å². The summed E-state index contributed by atoms with van der Waals surface area (Å²) in [5.74, 6) is -0.159. The average molecular weight is 420 g/mol. The van der Waals surface area contributed by atoms with Gasteiger partial charge in [0.05, 0.1) is 17.1 Å². The van der Waals surface area contributed by atoms with Crippen LogP contribution in [0.5, 0.6) is 0 Å². The zero-order valence-corrected chi connectivity index (χ0v) is 17.7. The van der Waals surface area contributed by atoms with Crippen LogP contribution in [0.2, 0.25) is 0 Å². The number of carbonyl (C=O) groups excluding carboxylic acids is 1. The second-order valence-electron chi connectivity index (χ2n) is 7.07. The fourth-order valence-corrected chi connectivity index (χ4v) is 3.83. The molecular weight excluding hydrogens is 398 g/mol. The molecule has 0 spiro atoms. The van der Waals surface area contributed by atoms with E-state index in [1.54, 1.807) is 11.6 Å². The number of rotatable bonds is 5. The van der Waals surface area contributed by atoms with Crippen molar-refractivity contribution in [2.45, 2.75) is 31.2 Å². The van der Waals surface area contributed by atoms with Crippen molar-refractivity contribution in [3.8, 4) is 5.69 Å². The fraction of sp³-hybridized carbons (Fsp3) is 0.182. The zero-order chi connectivity index (χ0) is 21.3. The van der Waals surface area contributed by atoms with Gasteiger partial charge < -0.3 is 10.3 Å². The summed E-state index contributed by atoms with van der Waals surface area (Å²) in [5.41, 5.74) is 3.82. The Morgan fingerprint density at radius 3 is 2.70 bits per heavy atom. The molecule has 152 valence electrons. The average Bonchev–Trinajstić information content (AvgIpc) is 3.16. The second-order valence-corrected chi connectivity index (χ2v) is 8.40. The van der Waals surface area contributed by atoms with Crippen molar-refractivity contribution in [3.05, 3.63) is 76.2 Å². The Morgan fingerprint density at radius 2 is 1.93 bits per heavy atom. The molecule has 0 fully saturated rings. The number of amides is 1. The number of nitrogens with zero attached hydrogens (tertiary/aromatic N) is 3. The van der Waals surface area contributed by atoms with E-state index in [9.17, 15) is 9.59 Å². The van der Waals surface area contributed by atoms with Crippen LogP contribution in [-0.4, -0.2) is 30.9 Å². The van der Waals surface area contributed by atoms with Crippen LogP contribution in [0.3, 0.4) is 0 Å². The maximum Gasteiger partial charge on any atom is 0.262 e. The normalized spacial score (nSPS) is 12.1. The lowest BCUT2D eigenvalue weighted by atomic mass is 10.1. The molecule has 2 aromatic carbocycles. The van der Waals surface area contributed by atoms with Crippen molar-refractivity contribution < 1.29 is 4.79 Å². The van der Waals surface area contributed by atoms with E-state index in [1.807, 2.05) is 62.4 Å². The Balaban J connectivity index is 1.59. The van der Waals surface area contributed by atoms with Gasteiger partial charge in [0.1, 0.15) is 5.39 Å². The number of benzene rings is 2. The van der Waals surface area contributed by atoms with Crippen molar-refractivity contribution in [2.75, 3.05) is 5.32 Å². The fourth-order valence-electron chi connectivity index (χ4n) is 3.04. The van der Waals surface area contributed by atoms with E-state index >= 15 is 0 Å². The van der Waals surface area contributed by atoms with Crippen LogP contribution >= 0.6 is 11.8 Å². The van der Waals surface area contributed by atoms with Gasteiger partial charge in [-0.05, 0) is 50.1 Å². The number of aromatic nitrogens is 4. The van der Waals surface area contributed by atoms with E-state index in [0.717, 1.165) is 22.5 Å². The van der Waals surface area contributed by atoms with Crippen LogP contribution in [0.4, 0.5) is 5.69 Å². The molecule has 2 aromatic heterocycles. The largest absolute Gasteiger partial charge is 0.325 e. The molecule has 1 unspecified atom stereocenters. The number of nitrogens with one attached hydrogen (secondary N) is 2.